The summed E-state index contributed by atoms with van der Waals surface area (Å²) in [7, 11) is 0. The van der Waals surface area contributed by atoms with Crippen molar-refractivity contribution in [2.75, 3.05) is 13.1 Å². The van der Waals surface area contributed by atoms with Crippen LogP contribution in [0.4, 0.5) is 0 Å². The third-order valence-electron chi connectivity index (χ3n) is 4.25. The summed E-state index contributed by atoms with van der Waals surface area (Å²) in [5.41, 5.74) is 5.68. The standard InChI is InChI=1S/C13H24N2O/c1-10-6-12(8-14)9-15(10)13(16)7-11-4-2-3-5-11/h10-12H,2-9,14H2,1H3. The fourth-order valence-electron chi connectivity index (χ4n) is 3.24. The Hall–Kier alpha value is -0.570. The van der Waals surface area contributed by atoms with Gasteiger partial charge in [-0.2, -0.15) is 0 Å². The van der Waals surface area contributed by atoms with E-state index in [-0.39, 0.29) is 0 Å². The maximum absolute atomic E-state index is 12.2. The number of nitrogens with zero attached hydrogens (tertiary/aromatic N) is 1. The SMILES string of the molecule is CC1CC(CN)CN1C(=O)CC1CCCC1. The van der Waals surface area contributed by atoms with E-state index in [1.54, 1.807) is 0 Å². The van der Waals surface area contributed by atoms with Gasteiger partial charge in [-0.15, -0.1) is 0 Å². The van der Waals surface area contributed by atoms with Crippen LogP contribution in [0.25, 0.3) is 0 Å². The highest BCUT2D eigenvalue weighted by Gasteiger charge is 2.32. The third-order valence-corrected chi connectivity index (χ3v) is 4.25. The lowest BCUT2D eigenvalue weighted by Gasteiger charge is -2.23. The van der Waals surface area contributed by atoms with Gasteiger partial charge in [0.2, 0.25) is 5.91 Å². The van der Waals surface area contributed by atoms with Crippen LogP contribution in [0.2, 0.25) is 0 Å². The van der Waals surface area contributed by atoms with Crippen LogP contribution < -0.4 is 5.73 Å². The Morgan fingerprint density at radius 2 is 2.00 bits per heavy atom. The van der Waals surface area contributed by atoms with E-state index >= 15 is 0 Å². The number of amides is 1. The van der Waals surface area contributed by atoms with Crippen molar-refractivity contribution < 1.29 is 4.79 Å². The summed E-state index contributed by atoms with van der Waals surface area (Å²) in [4.78, 5) is 14.2. The van der Waals surface area contributed by atoms with Crippen LogP contribution in [0.5, 0.6) is 0 Å². The molecule has 2 aliphatic rings. The number of nitrogens with two attached hydrogens (primary N) is 1. The summed E-state index contributed by atoms with van der Waals surface area (Å²) in [5, 5.41) is 0. The predicted molar refractivity (Wildman–Crippen MR) is 64.9 cm³/mol. The fourth-order valence-corrected chi connectivity index (χ4v) is 3.24. The second-order valence-corrected chi connectivity index (χ2v) is 5.59. The molecule has 2 unspecified atom stereocenters. The molecule has 1 heterocycles. The Morgan fingerprint density at radius 1 is 1.31 bits per heavy atom. The van der Waals surface area contributed by atoms with E-state index in [1.807, 2.05) is 0 Å². The molecule has 2 atom stereocenters. The average molecular weight is 224 g/mol. The van der Waals surface area contributed by atoms with E-state index in [2.05, 4.69) is 11.8 Å². The number of rotatable bonds is 3. The summed E-state index contributed by atoms with van der Waals surface area (Å²) in [6, 6.07) is 0.405. The number of hydrogen-bond acceptors (Lipinski definition) is 2. The molecule has 0 bridgehead atoms. The zero-order valence-electron chi connectivity index (χ0n) is 10.3. The Kier molecular flexibility index (Phi) is 3.85. The second kappa shape index (κ2) is 5.17. The van der Waals surface area contributed by atoms with Gasteiger partial charge in [0, 0.05) is 19.0 Å². The van der Waals surface area contributed by atoms with Crippen molar-refractivity contribution in [2.45, 2.75) is 51.5 Å². The van der Waals surface area contributed by atoms with Crippen LogP contribution in [-0.4, -0.2) is 29.9 Å². The van der Waals surface area contributed by atoms with Gasteiger partial charge in [-0.1, -0.05) is 12.8 Å². The quantitative estimate of drug-likeness (QED) is 0.794. The number of carbonyl (C=O) groups is 1. The molecule has 0 spiro atoms. The molecule has 0 aromatic rings. The van der Waals surface area contributed by atoms with Gasteiger partial charge in [-0.05, 0) is 44.6 Å². The molecular formula is C13H24N2O. The van der Waals surface area contributed by atoms with Crippen LogP contribution in [0.3, 0.4) is 0 Å². The van der Waals surface area contributed by atoms with Crippen LogP contribution >= 0.6 is 0 Å². The minimum absolute atomic E-state index is 0.371. The largest absolute Gasteiger partial charge is 0.340 e. The molecule has 0 aromatic carbocycles. The van der Waals surface area contributed by atoms with Gasteiger partial charge in [-0.25, -0.2) is 0 Å². The van der Waals surface area contributed by atoms with Crippen molar-refractivity contribution in [3.63, 3.8) is 0 Å². The van der Waals surface area contributed by atoms with Crippen molar-refractivity contribution in [1.82, 2.24) is 4.90 Å². The van der Waals surface area contributed by atoms with Crippen molar-refractivity contribution in [3.8, 4) is 0 Å². The molecule has 1 aliphatic carbocycles. The lowest BCUT2D eigenvalue weighted by molar-refractivity contribution is -0.132. The molecule has 2 fully saturated rings. The highest BCUT2D eigenvalue weighted by molar-refractivity contribution is 5.77. The molecule has 1 saturated heterocycles. The van der Waals surface area contributed by atoms with Crippen LogP contribution in [0, 0.1) is 11.8 Å². The van der Waals surface area contributed by atoms with Crippen molar-refractivity contribution in [3.05, 3.63) is 0 Å². The Labute approximate surface area is 98.4 Å². The molecule has 0 aromatic heterocycles. The first-order valence-electron chi connectivity index (χ1n) is 6.70. The number of likely N-dealkylation sites (tertiary alicyclic amines) is 1. The first-order valence-corrected chi connectivity index (χ1v) is 6.70. The van der Waals surface area contributed by atoms with Crippen molar-refractivity contribution >= 4 is 5.91 Å². The number of hydrogen-bond donors (Lipinski definition) is 1. The Morgan fingerprint density at radius 3 is 2.56 bits per heavy atom. The maximum Gasteiger partial charge on any atom is 0.223 e. The topological polar surface area (TPSA) is 46.3 Å². The molecule has 92 valence electrons. The zero-order chi connectivity index (χ0) is 11.5. The summed E-state index contributed by atoms with van der Waals surface area (Å²) < 4.78 is 0. The van der Waals surface area contributed by atoms with Crippen molar-refractivity contribution in [2.24, 2.45) is 17.6 Å². The van der Waals surface area contributed by atoms with E-state index < -0.39 is 0 Å². The highest BCUT2D eigenvalue weighted by Crippen LogP contribution is 2.30. The van der Waals surface area contributed by atoms with E-state index in [0.717, 1.165) is 25.9 Å². The molecule has 0 radical (unpaired) electrons. The molecule has 3 heteroatoms. The van der Waals surface area contributed by atoms with E-state index in [0.29, 0.717) is 23.8 Å². The lowest BCUT2D eigenvalue weighted by Crippen LogP contribution is -2.35. The molecule has 3 nitrogen and oxygen atoms in total. The maximum atomic E-state index is 12.2. The predicted octanol–water partition coefficient (Wildman–Crippen LogP) is 1.76. The summed E-state index contributed by atoms with van der Waals surface area (Å²) in [6.07, 6.45) is 7.02. The van der Waals surface area contributed by atoms with Gasteiger partial charge in [0.05, 0.1) is 0 Å². The van der Waals surface area contributed by atoms with Gasteiger partial charge in [0.25, 0.3) is 0 Å². The third kappa shape index (κ3) is 2.57. The van der Waals surface area contributed by atoms with Gasteiger partial charge in [0.1, 0.15) is 0 Å². The van der Waals surface area contributed by atoms with E-state index in [4.69, 9.17) is 5.73 Å². The monoisotopic (exact) mass is 224 g/mol. The van der Waals surface area contributed by atoms with Crippen LogP contribution in [0.15, 0.2) is 0 Å². The normalized spacial score (nSPS) is 31.2. The van der Waals surface area contributed by atoms with Gasteiger partial charge in [0.15, 0.2) is 0 Å². The van der Waals surface area contributed by atoms with Crippen LogP contribution in [0.1, 0.15) is 45.4 Å². The molecule has 2 rings (SSSR count). The first-order chi connectivity index (χ1) is 7.70. The molecule has 1 aliphatic heterocycles. The number of carbonyl (C=O) groups excluding carboxylic acids is 1. The molecule has 2 N–H and O–H groups in total. The zero-order valence-corrected chi connectivity index (χ0v) is 10.3. The average Bonchev–Trinajstić information content (AvgIpc) is 2.87. The minimum atomic E-state index is 0.371. The Balaban J connectivity index is 1.84. The second-order valence-electron chi connectivity index (χ2n) is 5.59. The minimum Gasteiger partial charge on any atom is -0.340 e. The molecule has 1 amide bonds. The Bertz CT molecular complexity index is 248. The van der Waals surface area contributed by atoms with Gasteiger partial charge >= 0.3 is 0 Å². The first kappa shape index (κ1) is 11.9. The molecule has 1 saturated carbocycles. The molecule has 16 heavy (non-hydrogen) atoms. The smallest absolute Gasteiger partial charge is 0.223 e. The summed E-state index contributed by atoms with van der Waals surface area (Å²) in [6.45, 7) is 3.77. The lowest BCUT2D eigenvalue weighted by atomic mass is 10.0. The van der Waals surface area contributed by atoms with E-state index in [9.17, 15) is 4.79 Å². The van der Waals surface area contributed by atoms with Crippen molar-refractivity contribution in [1.29, 1.82) is 0 Å². The summed E-state index contributed by atoms with van der Waals surface area (Å²) in [5.74, 6) is 1.56. The summed E-state index contributed by atoms with van der Waals surface area (Å²) >= 11 is 0. The molecular weight excluding hydrogens is 200 g/mol. The van der Waals surface area contributed by atoms with E-state index in [1.165, 1.54) is 25.7 Å². The van der Waals surface area contributed by atoms with Gasteiger partial charge in [-0.3, -0.25) is 4.79 Å². The van der Waals surface area contributed by atoms with Gasteiger partial charge < -0.3 is 10.6 Å². The fraction of sp³-hybridized carbons (Fsp3) is 0.923. The highest BCUT2D eigenvalue weighted by atomic mass is 16.2. The van der Waals surface area contributed by atoms with Crippen LogP contribution in [-0.2, 0) is 4.79 Å².